The molecule has 0 spiro atoms. The molecule has 0 saturated carbocycles. The number of ether oxygens (including phenoxy) is 1. The predicted octanol–water partition coefficient (Wildman–Crippen LogP) is 3.88. The van der Waals surface area contributed by atoms with Gasteiger partial charge in [0.25, 0.3) is 0 Å². The van der Waals surface area contributed by atoms with Crippen molar-refractivity contribution in [2.45, 2.75) is 45.6 Å². The molecule has 0 radical (unpaired) electrons. The zero-order chi connectivity index (χ0) is 13.1. The highest BCUT2D eigenvalue weighted by atomic mass is 16.5. The smallest absolute Gasteiger partial charge is 0.119 e. The summed E-state index contributed by atoms with van der Waals surface area (Å²) < 4.78 is 5.37. The Balaban J connectivity index is 2.35. The molecule has 1 aliphatic heterocycles. The maximum absolute atomic E-state index is 5.37. The molecule has 1 N–H and O–H groups in total. The molecule has 2 atom stereocenters. The number of hydrogen-bond acceptors (Lipinski definition) is 2. The van der Waals surface area contributed by atoms with Gasteiger partial charge in [-0.1, -0.05) is 26.8 Å². The molecular formula is C16H25NO. The standard InChI is InChI=1S/C16H25NO/c1-5-12-10-17-16(8-11(2)3)15-9-13(18-4)6-7-14(12)15/h6-7,9,11-12,16-17H,5,8,10H2,1-4H3. The molecule has 1 aromatic rings. The molecule has 18 heavy (non-hydrogen) atoms. The van der Waals surface area contributed by atoms with E-state index in [2.05, 4.69) is 44.3 Å². The van der Waals surface area contributed by atoms with Gasteiger partial charge in [-0.05, 0) is 47.9 Å². The number of hydrogen-bond donors (Lipinski definition) is 1. The summed E-state index contributed by atoms with van der Waals surface area (Å²) in [7, 11) is 1.74. The lowest BCUT2D eigenvalue weighted by Crippen LogP contribution is -2.33. The quantitative estimate of drug-likeness (QED) is 0.872. The lowest BCUT2D eigenvalue weighted by molar-refractivity contribution is 0.378. The summed E-state index contributed by atoms with van der Waals surface area (Å²) >= 11 is 0. The summed E-state index contributed by atoms with van der Waals surface area (Å²) in [5.74, 6) is 2.33. The molecule has 0 aromatic heterocycles. The van der Waals surface area contributed by atoms with Gasteiger partial charge < -0.3 is 10.1 Å². The normalized spacial score (nSPS) is 22.9. The molecule has 0 aliphatic carbocycles. The summed E-state index contributed by atoms with van der Waals surface area (Å²) in [6.45, 7) is 7.94. The van der Waals surface area contributed by atoms with E-state index in [1.807, 2.05) is 0 Å². The van der Waals surface area contributed by atoms with E-state index in [0.717, 1.165) is 12.3 Å². The molecule has 2 heteroatoms. The highest BCUT2D eigenvalue weighted by molar-refractivity contribution is 5.41. The monoisotopic (exact) mass is 247 g/mol. The Labute approximate surface area is 111 Å². The van der Waals surface area contributed by atoms with Crippen molar-refractivity contribution in [3.8, 4) is 5.75 Å². The van der Waals surface area contributed by atoms with Crippen molar-refractivity contribution in [2.24, 2.45) is 5.92 Å². The molecule has 0 bridgehead atoms. The van der Waals surface area contributed by atoms with E-state index in [-0.39, 0.29) is 0 Å². The van der Waals surface area contributed by atoms with E-state index in [0.29, 0.717) is 17.9 Å². The number of methoxy groups -OCH3 is 1. The molecule has 0 amide bonds. The van der Waals surface area contributed by atoms with Crippen LogP contribution in [0, 0.1) is 5.92 Å². The van der Waals surface area contributed by atoms with E-state index in [1.54, 1.807) is 7.11 Å². The minimum absolute atomic E-state index is 0.484. The van der Waals surface area contributed by atoms with Crippen LogP contribution in [-0.2, 0) is 0 Å². The summed E-state index contributed by atoms with van der Waals surface area (Å²) in [5, 5.41) is 3.70. The lowest BCUT2D eigenvalue weighted by atomic mass is 9.82. The van der Waals surface area contributed by atoms with E-state index >= 15 is 0 Å². The van der Waals surface area contributed by atoms with Gasteiger partial charge in [-0.15, -0.1) is 0 Å². The summed E-state index contributed by atoms with van der Waals surface area (Å²) in [6, 6.07) is 7.06. The Morgan fingerprint density at radius 1 is 1.33 bits per heavy atom. The van der Waals surface area contributed by atoms with Crippen LogP contribution in [0.2, 0.25) is 0 Å². The SMILES string of the molecule is CCC1CNC(CC(C)C)c2cc(OC)ccc21. The van der Waals surface area contributed by atoms with Crippen molar-refractivity contribution >= 4 is 0 Å². The lowest BCUT2D eigenvalue weighted by Gasteiger charge is -2.33. The van der Waals surface area contributed by atoms with Gasteiger partial charge in [-0.3, -0.25) is 0 Å². The molecule has 1 aromatic carbocycles. The fraction of sp³-hybridized carbons (Fsp3) is 0.625. The van der Waals surface area contributed by atoms with Crippen LogP contribution in [0.15, 0.2) is 18.2 Å². The highest BCUT2D eigenvalue weighted by Crippen LogP contribution is 2.36. The Morgan fingerprint density at radius 2 is 2.11 bits per heavy atom. The average Bonchev–Trinajstić information content (AvgIpc) is 2.38. The molecule has 1 aliphatic rings. The fourth-order valence-corrected chi connectivity index (χ4v) is 2.90. The molecule has 0 fully saturated rings. The largest absolute Gasteiger partial charge is 0.497 e. The Hall–Kier alpha value is -1.02. The van der Waals surface area contributed by atoms with Crippen LogP contribution in [0.5, 0.6) is 5.75 Å². The van der Waals surface area contributed by atoms with Crippen LogP contribution in [0.4, 0.5) is 0 Å². The minimum atomic E-state index is 0.484. The zero-order valence-electron chi connectivity index (χ0n) is 12.0. The van der Waals surface area contributed by atoms with Crippen molar-refractivity contribution in [3.05, 3.63) is 29.3 Å². The molecule has 1 heterocycles. The van der Waals surface area contributed by atoms with Gasteiger partial charge in [0.1, 0.15) is 5.75 Å². The van der Waals surface area contributed by atoms with Crippen LogP contribution < -0.4 is 10.1 Å². The third kappa shape index (κ3) is 2.69. The van der Waals surface area contributed by atoms with Crippen LogP contribution >= 0.6 is 0 Å². The third-order valence-corrected chi connectivity index (χ3v) is 3.92. The first kappa shape index (κ1) is 13.4. The second kappa shape index (κ2) is 5.75. The molecule has 100 valence electrons. The average molecular weight is 247 g/mol. The topological polar surface area (TPSA) is 21.3 Å². The van der Waals surface area contributed by atoms with E-state index < -0.39 is 0 Å². The Bertz CT molecular complexity index is 400. The zero-order valence-corrected chi connectivity index (χ0v) is 12.0. The Morgan fingerprint density at radius 3 is 2.72 bits per heavy atom. The molecule has 2 rings (SSSR count). The summed E-state index contributed by atoms with van der Waals surface area (Å²) in [5.41, 5.74) is 2.96. The maximum atomic E-state index is 5.37. The number of fused-ring (bicyclic) bond motifs is 1. The van der Waals surface area contributed by atoms with Crippen molar-refractivity contribution in [1.29, 1.82) is 0 Å². The van der Waals surface area contributed by atoms with Gasteiger partial charge in [0.15, 0.2) is 0 Å². The molecule has 2 nitrogen and oxygen atoms in total. The van der Waals surface area contributed by atoms with E-state index in [4.69, 9.17) is 4.74 Å². The van der Waals surface area contributed by atoms with Crippen molar-refractivity contribution < 1.29 is 4.74 Å². The predicted molar refractivity (Wildman–Crippen MR) is 76.2 cm³/mol. The summed E-state index contributed by atoms with van der Waals surface area (Å²) in [6.07, 6.45) is 2.39. The van der Waals surface area contributed by atoms with Gasteiger partial charge in [-0.2, -0.15) is 0 Å². The van der Waals surface area contributed by atoms with Crippen LogP contribution in [0.3, 0.4) is 0 Å². The Kier molecular flexibility index (Phi) is 4.28. The third-order valence-electron chi connectivity index (χ3n) is 3.92. The highest BCUT2D eigenvalue weighted by Gasteiger charge is 2.26. The van der Waals surface area contributed by atoms with Crippen molar-refractivity contribution in [1.82, 2.24) is 5.32 Å². The minimum Gasteiger partial charge on any atom is -0.497 e. The number of nitrogens with one attached hydrogen (secondary N) is 1. The molecular weight excluding hydrogens is 222 g/mol. The molecule has 2 unspecified atom stereocenters. The van der Waals surface area contributed by atoms with Crippen LogP contribution in [0.25, 0.3) is 0 Å². The maximum Gasteiger partial charge on any atom is 0.119 e. The van der Waals surface area contributed by atoms with E-state index in [1.165, 1.54) is 24.0 Å². The van der Waals surface area contributed by atoms with Crippen LogP contribution in [-0.4, -0.2) is 13.7 Å². The van der Waals surface area contributed by atoms with Gasteiger partial charge >= 0.3 is 0 Å². The summed E-state index contributed by atoms with van der Waals surface area (Å²) in [4.78, 5) is 0. The van der Waals surface area contributed by atoms with Gasteiger partial charge in [0, 0.05) is 12.6 Å². The second-order valence-corrected chi connectivity index (χ2v) is 5.69. The second-order valence-electron chi connectivity index (χ2n) is 5.69. The molecule has 0 saturated heterocycles. The number of benzene rings is 1. The van der Waals surface area contributed by atoms with Gasteiger partial charge in [0.2, 0.25) is 0 Å². The fourth-order valence-electron chi connectivity index (χ4n) is 2.90. The van der Waals surface area contributed by atoms with Gasteiger partial charge in [-0.25, -0.2) is 0 Å². The van der Waals surface area contributed by atoms with Crippen molar-refractivity contribution in [3.63, 3.8) is 0 Å². The first-order valence-corrected chi connectivity index (χ1v) is 7.06. The van der Waals surface area contributed by atoms with Crippen molar-refractivity contribution in [2.75, 3.05) is 13.7 Å². The van der Waals surface area contributed by atoms with Crippen LogP contribution in [0.1, 0.15) is 56.7 Å². The first-order chi connectivity index (χ1) is 8.65. The van der Waals surface area contributed by atoms with E-state index in [9.17, 15) is 0 Å². The first-order valence-electron chi connectivity index (χ1n) is 7.06. The van der Waals surface area contributed by atoms with Gasteiger partial charge in [0.05, 0.1) is 7.11 Å². The number of rotatable bonds is 4.